The second kappa shape index (κ2) is 6.95. The van der Waals surface area contributed by atoms with Crippen LogP contribution in [0.2, 0.25) is 0 Å². The molecule has 2 aliphatic heterocycles. The van der Waals surface area contributed by atoms with E-state index in [0.29, 0.717) is 24.5 Å². The van der Waals surface area contributed by atoms with Crippen LogP contribution in [0.3, 0.4) is 0 Å². The van der Waals surface area contributed by atoms with E-state index in [1.54, 1.807) is 11.3 Å². The Morgan fingerprint density at radius 3 is 2.60 bits per heavy atom. The molecule has 2 saturated heterocycles. The number of hydrogen-bond donors (Lipinski definition) is 4. The molecule has 8 heteroatoms. The van der Waals surface area contributed by atoms with Gasteiger partial charge in [-0.05, 0) is 49.0 Å². The van der Waals surface area contributed by atoms with Gasteiger partial charge in [0.2, 0.25) is 5.79 Å². The molecule has 4 saturated carbocycles. The molecule has 0 aromatic carbocycles. The molecule has 2 spiro atoms. The summed E-state index contributed by atoms with van der Waals surface area (Å²) in [5.74, 6) is -3.58. The van der Waals surface area contributed by atoms with Gasteiger partial charge in [-0.3, -0.25) is 4.79 Å². The maximum absolute atomic E-state index is 13.9. The fourth-order valence-electron chi connectivity index (χ4n) is 9.58. The first-order chi connectivity index (χ1) is 16.6. The lowest BCUT2D eigenvalue weighted by molar-refractivity contribution is -0.429. The minimum absolute atomic E-state index is 0.192. The molecule has 0 amide bonds. The van der Waals surface area contributed by atoms with E-state index in [4.69, 9.17) is 9.72 Å². The van der Waals surface area contributed by atoms with Crippen molar-refractivity contribution in [2.45, 2.75) is 94.7 Å². The number of ether oxygens (including phenoxy) is 1. The molecule has 7 aliphatic rings. The number of aliphatic hydroxyl groups is 3. The Bertz CT molecular complexity index is 1130. The zero-order valence-corrected chi connectivity index (χ0v) is 21.4. The number of nitrogens with zero attached hydrogens (tertiary/aromatic N) is 1. The van der Waals surface area contributed by atoms with E-state index < -0.39 is 34.7 Å². The van der Waals surface area contributed by atoms with Crippen LogP contribution < -0.4 is 5.32 Å². The van der Waals surface area contributed by atoms with Crippen molar-refractivity contribution < 1.29 is 24.9 Å². The SMILES string of the molecule is C=C1C(=O)[C@@]23C(CC[C@H]1[C@H]2O)[C@@]12CO[C@]3(O)[C@@H](O)C1C(C)(C)Cc1sc(NC3CCCCC3)nc12. The van der Waals surface area contributed by atoms with Crippen molar-refractivity contribution >= 4 is 22.3 Å². The van der Waals surface area contributed by atoms with Crippen molar-refractivity contribution in [3.8, 4) is 0 Å². The summed E-state index contributed by atoms with van der Waals surface area (Å²) in [5, 5.41) is 40.0. The molecule has 0 radical (unpaired) electrons. The van der Waals surface area contributed by atoms with Gasteiger partial charge in [-0.25, -0.2) is 4.98 Å². The lowest BCUT2D eigenvalue weighted by atomic mass is 9.36. The molecule has 5 aliphatic carbocycles. The number of rotatable bonds is 2. The number of carbonyl (C=O) groups excluding carboxylic acids is 1. The highest BCUT2D eigenvalue weighted by atomic mass is 32.1. The number of hydrogen-bond acceptors (Lipinski definition) is 8. The van der Waals surface area contributed by atoms with Crippen molar-refractivity contribution in [1.82, 2.24) is 4.98 Å². The number of ketones is 1. The van der Waals surface area contributed by atoms with E-state index in [1.807, 2.05) is 0 Å². The van der Waals surface area contributed by atoms with Gasteiger partial charge in [0.15, 0.2) is 10.9 Å². The highest BCUT2D eigenvalue weighted by molar-refractivity contribution is 7.15. The van der Waals surface area contributed by atoms with E-state index in [9.17, 15) is 20.1 Å². The van der Waals surface area contributed by atoms with E-state index in [2.05, 4.69) is 25.7 Å². The van der Waals surface area contributed by atoms with Gasteiger partial charge in [-0.2, -0.15) is 0 Å². The molecule has 2 unspecified atom stereocenters. The molecule has 3 heterocycles. The highest BCUT2D eigenvalue weighted by Crippen LogP contribution is 2.75. The van der Waals surface area contributed by atoms with Gasteiger partial charge in [0.25, 0.3) is 0 Å². The Morgan fingerprint density at radius 1 is 1.11 bits per heavy atom. The molecule has 7 nitrogen and oxygen atoms in total. The molecular formula is C27H36N2O5S. The van der Waals surface area contributed by atoms with Crippen LogP contribution in [-0.4, -0.2) is 56.7 Å². The third-order valence-corrected chi connectivity index (χ3v) is 11.8. The normalized spacial score (nSPS) is 47.9. The van der Waals surface area contributed by atoms with Crippen molar-refractivity contribution in [2.75, 3.05) is 11.9 Å². The van der Waals surface area contributed by atoms with Crippen LogP contribution in [0.1, 0.15) is 69.4 Å². The highest BCUT2D eigenvalue weighted by Gasteiger charge is 2.86. The number of fused-ring (bicyclic) bond motifs is 3. The van der Waals surface area contributed by atoms with Gasteiger partial charge in [0.1, 0.15) is 11.5 Å². The number of aliphatic hydroxyl groups excluding tert-OH is 2. The topological polar surface area (TPSA) is 112 Å². The molecule has 1 aromatic rings. The molecule has 4 bridgehead atoms. The van der Waals surface area contributed by atoms with Crippen molar-refractivity contribution in [1.29, 1.82) is 0 Å². The summed E-state index contributed by atoms with van der Waals surface area (Å²) in [4.78, 5) is 20.2. The summed E-state index contributed by atoms with van der Waals surface area (Å²) < 4.78 is 6.15. The summed E-state index contributed by atoms with van der Waals surface area (Å²) in [6.07, 6.45) is 5.68. The second-order valence-corrected chi connectivity index (χ2v) is 13.9. The first-order valence-corrected chi connectivity index (χ1v) is 14.1. The van der Waals surface area contributed by atoms with Crippen molar-refractivity contribution in [2.24, 2.45) is 28.6 Å². The fourth-order valence-corrected chi connectivity index (χ4v) is 10.9. The quantitative estimate of drug-likeness (QED) is 0.462. The van der Waals surface area contributed by atoms with Crippen LogP contribution in [0.5, 0.6) is 0 Å². The fraction of sp³-hybridized carbons (Fsp3) is 0.778. The maximum Gasteiger partial charge on any atom is 0.208 e. The van der Waals surface area contributed by atoms with Crippen LogP contribution in [-0.2, 0) is 21.4 Å². The van der Waals surface area contributed by atoms with Crippen LogP contribution in [0.15, 0.2) is 12.2 Å². The summed E-state index contributed by atoms with van der Waals surface area (Å²) in [6, 6.07) is 0.422. The maximum atomic E-state index is 13.9. The zero-order valence-electron chi connectivity index (χ0n) is 20.5. The molecule has 190 valence electrons. The van der Waals surface area contributed by atoms with E-state index in [-0.39, 0.29) is 29.6 Å². The Hall–Kier alpha value is -1.32. The van der Waals surface area contributed by atoms with Crippen LogP contribution in [0.4, 0.5) is 5.13 Å². The van der Waals surface area contributed by atoms with Crippen LogP contribution >= 0.6 is 11.3 Å². The molecule has 6 fully saturated rings. The van der Waals surface area contributed by atoms with Gasteiger partial charge < -0.3 is 25.4 Å². The first kappa shape index (κ1) is 22.8. The lowest BCUT2D eigenvalue weighted by Gasteiger charge is -2.73. The monoisotopic (exact) mass is 500 g/mol. The number of carbonyl (C=O) groups is 1. The summed E-state index contributed by atoms with van der Waals surface area (Å²) in [7, 11) is 0. The summed E-state index contributed by atoms with van der Waals surface area (Å²) >= 11 is 1.69. The van der Waals surface area contributed by atoms with Gasteiger partial charge in [-0.1, -0.05) is 39.7 Å². The zero-order chi connectivity index (χ0) is 24.5. The van der Waals surface area contributed by atoms with Crippen LogP contribution in [0, 0.1) is 28.6 Å². The first-order valence-electron chi connectivity index (χ1n) is 13.3. The Labute approximate surface area is 210 Å². The number of thiazole rings is 1. The smallest absolute Gasteiger partial charge is 0.208 e. The largest absolute Gasteiger partial charge is 0.391 e. The summed E-state index contributed by atoms with van der Waals surface area (Å²) in [6.45, 7) is 8.50. The molecule has 35 heavy (non-hydrogen) atoms. The average Bonchev–Trinajstić information content (AvgIpc) is 3.24. The van der Waals surface area contributed by atoms with Gasteiger partial charge >= 0.3 is 0 Å². The Kier molecular flexibility index (Phi) is 4.54. The third kappa shape index (κ3) is 2.42. The van der Waals surface area contributed by atoms with E-state index >= 15 is 0 Å². The van der Waals surface area contributed by atoms with Gasteiger partial charge in [0.05, 0.1) is 18.4 Å². The minimum atomic E-state index is -2.13. The molecule has 8 atom stereocenters. The van der Waals surface area contributed by atoms with Crippen molar-refractivity contribution in [3.63, 3.8) is 0 Å². The number of nitrogens with one attached hydrogen (secondary N) is 1. The summed E-state index contributed by atoms with van der Waals surface area (Å²) in [5.41, 5.74) is -1.44. The predicted molar refractivity (Wildman–Crippen MR) is 131 cm³/mol. The number of aromatic nitrogens is 1. The molecule has 4 N–H and O–H groups in total. The van der Waals surface area contributed by atoms with Crippen molar-refractivity contribution in [3.05, 3.63) is 22.7 Å². The van der Waals surface area contributed by atoms with Crippen LogP contribution in [0.25, 0.3) is 0 Å². The average molecular weight is 501 g/mol. The lowest BCUT2D eigenvalue weighted by Crippen LogP contribution is -2.85. The minimum Gasteiger partial charge on any atom is -0.391 e. The molecule has 8 rings (SSSR count). The standard InChI is InChI=1S/C27H36N2O5S/c1-13-15-9-10-17-25-12-34-27(33,26(17,20(13)30)21(15)31)22(32)18(25)24(2,3)11-16-19(25)29-23(35-16)28-14-7-5-4-6-8-14/h14-15,17-18,21-22,31-33H,1,4-12H2,2-3H3,(H,28,29)/t15-,17?,18?,21-,22+,25+,26+,27-/m1/s1. The van der Waals surface area contributed by atoms with Gasteiger partial charge in [0, 0.05) is 28.2 Å². The molecule has 1 aromatic heterocycles. The van der Waals surface area contributed by atoms with Gasteiger partial charge in [-0.15, -0.1) is 11.3 Å². The van der Waals surface area contributed by atoms with E-state index in [1.165, 1.54) is 24.1 Å². The molecular weight excluding hydrogens is 464 g/mol. The van der Waals surface area contributed by atoms with E-state index in [0.717, 1.165) is 30.1 Å². The Balaban J connectivity index is 1.42. The predicted octanol–water partition coefficient (Wildman–Crippen LogP) is 2.93. The third-order valence-electron chi connectivity index (χ3n) is 10.8. The number of Topliss-reactive ketones (excluding diaryl/α,β-unsaturated/α-hetero) is 1. The second-order valence-electron chi connectivity index (χ2n) is 12.8. The Morgan fingerprint density at radius 2 is 1.86 bits per heavy atom. The number of anilines is 1.